The molecule has 1 atom stereocenters. The summed E-state index contributed by atoms with van der Waals surface area (Å²) in [6.45, 7) is 2.39. The van der Waals surface area contributed by atoms with Crippen molar-refractivity contribution in [1.82, 2.24) is 0 Å². The number of carbonyl (C=O) groups excluding carboxylic acids is 1. The Morgan fingerprint density at radius 3 is 2.27 bits per heavy atom. The van der Waals surface area contributed by atoms with E-state index >= 15 is 0 Å². The lowest BCUT2D eigenvalue weighted by Crippen LogP contribution is -2.06. The normalized spacial score (nSPS) is 12.0. The van der Waals surface area contributed by atoms with Crippen molar-refractivity contribution in [3.8, 4) is 5.75 Å². The summed E-state index contributed by atoms with van der Waals surface area (Å²) in [5.74, 6) is 0.414. The molecule has 0 fully saturated rings. The number of nitrogens with zero attached hydrogens (tertiary/aromatic N) is 1. The number of aliphatic imine (C=N–C) groups is 1. The van der Waals surface area contributed by atoms with Crippen molar-refractivity contribution in [2.24, 2.45) is 4.99 Å². The van der Waals surface area contributed by atoms with E-state index in [0.29, 0.717) is 17.9 Å². The predicted octanol–water partition coefficient (Wildman–Crippen LogP) is 5.28. The van der Waals surface area contributed by atoms with Gasteiger partial charge in [0.25, 0.3) is 0 Å². The minimum Gasteiger partial charge on any atom is -0.488 e. The lowest BCUT2D eigenvalue weighted by Gasteiger charge is -2.10. The standard InChI is InChI=1S/C23H21NO2/c1-18(20-12-6-3-7-13-20)24-16-22(25)21-14-8-9-15-23(21)26-17-19-10-4-2-5-11-19/h2-16,18H,17H2,1H3. The molecule has 0 aliphatic heterocycles. The van der Waals surface area contributed by atoms with Crippen LogP contribution in [0.2, 0.25) is 0 Å². The molecule has 0 saturated carbocycles. The molecule has 0 N–H and O–H groups in total. The lowest BCUT2D eigenvalue weighted by molar-refractivity contribution is 0.106. The maximum atomic E-state index is 12.6. The van der Waals surface area contributed by atoms with Crippen LogP contribution in [-0.4, -0.2) is 12.0 Å². The second-order valence-corrected chi connectivity index (χ2v) is 6.00. The van der Waals surface area contributed by atoms with E-state index in [9.17, 15) is 4.79 Å². The average Bonchev–Trinajstić information content (AvgIpc) is 2.72. The summed E-state index contributed by atoms with van der Waals surface area (Å²) in [7, 11) is 0. The highest BCUT2D eigenvalue weighted by Crippen LogP contribution is 2.20. The molecular formula is C23H21NO2. The van der Waals surface area contributed by atoms with E-state index in [2.05, 4.69) is 4.99 Å². The molecule has 0 radical (unpaired) electrons. The Balaban J connectivity index is 1.70. The minimum atomic E-state index is -0.156. The van der Waals surface area contributed by atoms with Gasteiger partial charge in [0.2, 0.25) is 5.78 Å². The van der Waals surface area contributed by atoms with Crippen LogP contribution in [0.4, 0.5) is 0 Å². The van der Waals surface area contributed by atoms with Crippen LogP contribution in [0, 0.1) is 0 Å². The molecule has 1 unspecified atom stereocenters. The van der Waals surface area contributed by atoms with Crippen molar-refractivity contribution in [2.45, 2.75) is 19.6 Å². The molecule has 0 heterocycles. The van der Waals surface area contributed by atoms with Crippen LogP contribution in [0.3, 0.4) is 0 Å². The van der Waals surface area contributed by atoms with Crippen molar-refractivity contribution in [2.75, 3.05) is 0 Å². The fourth-order valence-electron chi connectivity index (χ4n) is 2.60. The zero-order valence-electron chi connectivity index (χ0n) is 14.7. The number of Topliss-reactive ketones (excluding diaryl/α,β-unsaturated/α-hetero) is 1. The first-order chi connectivity index (χ1) is 12.7. The Morgan fingerprint density at radius 1 is 0.923 bits per heavy atom. The van der Waals surface area contributed by atoms with Gasteiger partial charge in [-0.2, -0.15) is 0 Å². The third-order valence-corrected chi connectivity index (χ3v) is 4.09. The number of para-hydroxylation sites is 1. The molecule has 3 nitrogen and oxygen atoms in total. The van der Waals surface area contributed by atoms with E-state index < -0.39 is 0 Å². The minimum absolute atomic E-state index is 0.0717. The molecule has 3 aromatic carbocycles. The van der Waals surface area contributed by atoms with Crippen LogP contribution < -0.4 is 4.74 Å². The van der Waals surface area contributed by atoms with Crippen LogP contribution in [0.25, 0.3) is 0 Å². The summed E-state index contributed by atoms with van der Waals surface area (Å²) < 4.78 is 5.85. The quantitative estimate of drug-likeness (QED) is 0.432. The number of hydrogen-bond acceptors (Lipinski definition) is 3. The monoisotopic (exact) mass is 343 g/mol. The molecule has 0 spiro atoms. The Morgan fingerprint density at radius 2 is 1.54 bits per heavy atom. The van der Waals surface area contributed by atoms with E-state index in [1.165, 1.54) is 6.21 Å². The Kier molecular flexibility index (Phi) is 5.94. The summed E-state index contributed by atoms with van der Waals surface area (Å²) in [6, 6.07) is 27.0. The molecule has 26 heavy (non-hydrogen) atoms. The molecular weight excluding hydrogens is 322 g/mol. The molecule has 0 bridgehead atoms. The first-order valence-electron chi connectivity index (χ1n) is 8.62. The van der Waals surface area contributed by atoms with Crippen molar-refractivity contribution in [1.29, 1.82) is 0 Å². The lowest BCUT2D eigenvalue weighted by atomic mass is 10.1. The molecule has 0 saturated heterocycles. The number of hydrogen-bond donors (Lipinski definition) is 0. The fraction of sp³-hybridized carbons (Fsp3) is 0.130. The molecule has 3 aromatic rings. The first kappa shape index (κ1) is 17.6. The zero-order chi connectivity index (χ0) is 18.2. The van der Waals surface area contributed by atoms with Crippen molar-refractivity contribution in [3.63, 3.8) is 0 Å². The SMILES string of the molecule is CC(N=CC(=O)c1ccccc1OCc1ccccc1)c1ccccc1. The summed E-state index contributed by atoms with van der Waals surface area (Å²) >= 11 is 0. The Hall–Kier alpha value is -3.20. The van der Waals surface area contributed by atoms with Crippen LogP contribution >= 0.6 is 0 Å². The fourth-order valence-corrected chi connectivity index (χ4v) is 2.60. The maximum absolute atomic E-state index is 12.6. The highest BCUT2D eigenvalue weighted by atomic mass is 16.5. The predicted molar refractivity (Wildman–Crippen MR) is 105 cm³/mol. The number of ether oxygens (including phenoxy) is 1. The Labute approximate surface area is 154 Å². The van der Waals surface area contributed by atoms with Gasteiger partial charge < -0.3 is 4.74 Å². The molecule has 130 valence electrons. The van der Waals surface area contributed by atoms with Crippen LogP contribution in [0.15, 0.2) is 89.9 Å². The van der Waals surface area contributed by atoms with Gasteiger partial charge in [-0.05, 0) is 30.2 Å². The summed E-state index contributed by atoms with van der Waals surface area (Å²) in [6.07, 6.45) is 1.39. The Bertz CT molecular complexity index is 873. The van der Waals surface area contributed by atoms with Gasteiger partial charge in [-0.3, -0.25) is 9.79 Å². The molecule has 0 aliphatic rings. The third-order valence-electron chi connectivity index (χ3n) is 4.09. The van der Waals surface area contributed by atoms with E-state index in [0.717, 1.165) is 11.1 Å². The van der Waals surface area contributed by atoms with Gasteiger partial charge in [0.15, 0.2) is 0 Å². The smallest absolute Gasteiger partial charge is 0.207 e. The second kappa shape index (κ2) is 8.77. The van der Waals surface area contributed by atoms with Gasteiger partial charge >= 0.3 is 0 Å². The highest BCUT2D eigenvalue weighted by molar-refractivity contribution is 6.36. The molecule has 3 heteroatoms. The third kappa shape index (κ3) is 4.67. The molecule has 3 rings (SSSR count). The number of ketones is 1. The molecule has 0 aliphatic carbocycles. The largest absolute Gasteiger partial charge is 0.488 e. The van der Waals surface area contributed by atoms with Crippen molar-refractivity contribution >= 4 is 12.0 Å². The van der Waals surface area contributed by atoms with Gasteiger partial charge in [0.1, 0.15) is 12.4 Å². The van der Waals surface area contributed by atoms with Crippen LogP contribution in [0.5, 0.6) is 5.75 Å². The average molecular weight is 343 g/mol. The highest BCUT2D eigenvalue weighted by Gasteiger charge is 2.11. The van der Waals surface area contributed by atoms with Gasteiger partial charge in [0.05, 0.1) is 17.8 Å². The van der Waals surface area contributed by atoms with Gasteiger partial charge in [-0.25, -0.2) is 0 Å². The van der Waals surface area contributed by atoms with E-state index in [1.54, 1.807) is 6.07 Å². The first-order valence-corrected chi connectivity index (χ1v) is 8.62. The molecule has 0 amide bonds. The van der Waals surface area contributed by atoms with E-state index in [-0.39, 0.29) is 11.8 Å². The van der Waals surface area contributed by atoms with Gasteiger partial charge in [-0.1, -0.05) is 72.8 Å². The van der Waals surface area contributed by atoms with E-state index in [1.807, 2.05) is 85.8 Å². The summed E-state index contributed by atoms with van der Waals surface area (Å²) in [5.41, 5.74) is 2.65. The van der Waals surface area contributed by atoms with Crippen LogP contribution in [-0.2, 0) is 6.61 Å². The molecule has 0 aromatic heterocycles. The number of benzene rings is 3. The summed E-state index contributed by atoms with van der Waals surface area (Å²) in [4.78, 5) is 17.0. The topological polar surface area (TPSA) is 38.7 Å². The van der Waals surface area contributed by atoms with Gasteiger partial charge in [-0.15, -0.1) is 0 Å². The van der Waals surface area contributed by atoms with Gasteiger partial charge in [0, 0.05) is 0 Å². The zero-order valence-corrected chi connectivity index (χ0v) is 14.7. The van der Waals surface area contributed by atoms with Crippen molar-refractivity contribution in [3.05, 3.63) is 102 Å². The van der Waals surface area contributed by atoms with Crippen molar-refractivity contribution < 1.29 is 9.53 Å². The van der Waals surface area contributed by atoms with Crippen LogP contribution in [0.1, 0.15) is 34.5 Å². The van der Waals surface area contributed by atoms with E-state index in [4.69, 9.17) is 4.74 Å². The second-order valence-electron chi connectivity index (χ2n) is 6.00. The number of carbonyl (C=O) groups is 1. The number of rotatable bonds is 7. The summed E-state index contributed by atoms with van der Waals surface area (Å²) in [5, 5.41) is 0. The maximum Gasteiger partial charge on any atom is 0.207 e.